The minimum absolute atomic E-state index is 0.0407. The molecule has 3 nitrogen and oxygen atoms in total. The number of hydrogen-bond donors (Lipinski definition) is 2. The van der Waals surface area contributed by atoms with Crippen LogP contribution in [0.5, 0.6) is 0 Å². The van der Waals surface area contributed by atoms with Crippen LogP contribution < -0.4 is 5.32 Å². The zero-order valence-corrected chi connectivity index (χ0v) is 10.2. The van der Waals surface area contributed by atoms with Crippen LogP contribution in [-0.2, 0) is 0 Å². The largest absolute Gasteiger partial charge is 0.393 e. The van der Waals surface area contributed by atoms with Crippen LogP contribution in [0.4, 0.5) is 5.82 Å². The van der Waals surface area contributed by atoms with E-state index in [1.54, 1.807) is 6.20 Å². The van der Waals surface area contributed by atoms with Gasteiger partial charge in [-0.1, -0.05) is 11.6 Å². The van der Waals surface area contributed by atoms with Crippen LogP contribution in [0.1, 0.15) is 12.8 Å². The van der Waals surface area contributed by atoms with Gasteiger partial charge in [0.2, 0.25) is 0 Å². The summed E-state index contributed by atoms with van der Waals surface area (Å²) in [5.41, 5.74) is 0.352. The maximum atomic E-state index is 10.00. The molecule has 5 atom stereocenters. The maximum Gasteiger partial charge on any atom is 0.144 e. The van der Waals surface area contributed by atoms with Crippen molar-refractivity contribution < 1.29 is 5.11 Å². The molecular formula is C13H15ClN2O. The lowest BCUT2D eigenvalue weighted by Gasteiger charge is -2.13. The van der Waals surface area contributed by atoms with Gasteiger partial charge in [-0.2, -0.15) is 0 Å². The SMILES string of the molecule is OC1C2CC3C1C3(CNc1ncccc1Cl)C2. The Bertz CT molecular complexity index is 480. The molecule has 1 aromatic rings. The van der Waals surface area contributed by atoms with Crippen molar-refractivity contribution in [1.29, 1.82) is 0 Å². The van der Waals surface area contributed by atoms with Gasteiger partial charge in [0, 0.05) is 12.7 Å². The van der Waals surface area contributed by atoms with Crippen molar-refractivity contribution in [2.75, 3.05) is 11.9 Å². The Morgan fingerprint density at radius 3 is 3.06 bits per heavy atom. The van der Waals surface area contributed by atoms with Crippen molar-refractivity contribution in [1.82, 2.24) is 4.98 Å². The summed E-state index contributed by atoms with van der Waals surface area (Å²) in [6.07, 6.45) is 4.12. The number of hydrogen-bond acceptors (Lipinski definition) is 3. The van der Waals surface area contributed by atoms with Crippen LogP contribution in [0.15, 0.2) is 18.3 Å². The lowest BCUT2D eigenvalue weighted by Crippen LogP contribution is -2.17. The average Bonchev–Trinajstić information content (AvgIpc) is 2.65. The second kappa shape index (κ2) is 3.15. The quantitative estimate of drug-likeness (QED) is 0.864. The third-order valence-corrected chi connectivity index (χ3v) is 5.42. The Morgan fingerprint density at radius 2 is 2.47 bits per heavy atom. The van der Waals surface area contributed by atoms with Crippen LogP contribution in [0.3, 0.4) is 0 Å². The molecule has 4 saturated carbocycles. The smallest absolute Gasteiger partial charge is 0.144 e. The highest BCUT2D eigenvalue weighted by molar-refractivity contribution is 6.32. The van der Waals surface area contributed by atoms with Crippen molar-refractivity contribution in [3.8, 4) is 0 Å². The molecule has 0 radical (unpaired) electrons. The van der Waals surface area contributed by atoms with Gasteiger partial charge in [0.25, 0.3) is 0 Å². The van der Waals surface area contributed by atoms with Crippen molar-refractivity contribution in [3.05, 3.63) is 23.4 Å². The van der Waals surface area contributed by atoms with Crippen LogP contribution in [-0.4, -0.2) is 22.7 Å². The molecule has 4 heteroatoms. The molecule has 5 unspecified atom stereocenters. The number of pyridine rings is 1. The first kappa shape index (κ1) is 10.2. The first-order valence-electron chi connectivity index (χ1n) is 6.25. The van der Waals surface area contributed by atoms with Gasteiger partial charge in [0.15, 0.2) is 0 Å². The molecule has 4 fully saturated rings. The van der Waals surface area contributed by atoms with Crippen molar-refractivity contribution in [3.63, 3.8) is 0 Å². The van der Waals surface area contributed by atoms with Gasteiger partial charge in [0.1, 0.15) is 5.82 Å². The van der Waals surface area contributed by atoms with Gasteiger partial charge in [-0.15, -0.1) is 0 Å². The van der Waals surface area contributed by atoms with E-state index < -0.39 is 0 Å². The van der Waals surface area contributed by atoms with E-state index in [-0.39, 0.29) is 6.10 Å². The molecule has 2 N–H and O–H groups in total. The fourth-order valence-electron chi connectivity index (χ4n) is 4.40. The first-order valence-corrected chi connectivity index (χ1v) is 6.63. The highest BCUT2D eigenvalue weighted by atomic mass is 35.5. The third kappa shape index (κ3) is 1.19. The predicted molar refractivity (Wildman–Crippen MR) is 65.9 cm³/mol. The van der Waals surface area contributed by atoms with Crippen LogP contribution in [0, 0.1) is 23.2 Å². The van der Waals surface area contributed by atoms with Gasteiger partial charge in [-0.25, -0.2) is 4.98 Å². The Labute approximate surface area is 105 Å². The predicted octanol–water partition coefficient (Wildman–Crippen LogP) is 2.16. The summed E-state index contributed by atoms with van der Waals surface area (Å²) in [5, 5.41) is 14.0. The summed E-state index contributed by atoms with van der Waals surface area (Å²) >= 11 is 6.07. The zero-order chi connectivity index (χ0) is 11.6. The number of nitrogens with zero attached hydrogens (tertiary/aromatic N) is 1. The number of aliphatic hydroxyl groups is 1. The maximum absolute atomic E-state index is 10.00. The molecule has 4 aliphatic rings. The molecule has 5 rings (SSSR count). The molecule has 4 aliphatic carbocycles. The van der Waals surface area contributed by atoms with Gasteiger partial charge >= 0.3 is 0 Å². The standard InChI is InChI=1S/C13H15ClN2O/c14-9-2-1-3-15-12(9)16-6-13-5-7-4-8(13)10(13)11(7)17/h1-3,7-8,10-11,17H,4-6H2,(H,15,16). The molecule has 0 saturated heterocycles. The van der Waals surface area contributed by atoms with Crippen LogP contribution >= 0.6 is 11.6 Å². The number of halogens is 1. The summed E-state index contributed by atoms with van der Waals surface area (Å²) in [6, 6.07) is 3.68. The van der Waals surface area contributed by atoms with E-state index in [1.807, 2.05) is 12.1 Å². The Hall–Kier alpha value is -0.800. The highest BCUT2D eigenvalue weighted by Crippen LogP contribution is 2.78. The van der Waals surface area contributed by atoms with E-state index in [0.717, 1.165) is 18.3 Å². The molecule has 0 amide bonds. The Morgan fingerprint density at radius 1 is 1.59 bits per heavy atom. The Balaban J connectivity index is 1.50. The van der Waals surface area contributed by atoms with E-state index in [9.17, 15) is 5.11 Å². The summed E-state index contributed by atoms with van der Waals surface area (Å²) in [7, 11) is 0. The van der Waals surface area contributed by atoms with Gasteiger partial charge in [-0.05, 0) is 48.1 Å². The topological polar surface area (TPSA) is 45.1 Å². The molecule has 1 aromatic heterocycles. The number of aromatic nitrogens is 1. The zero-order valence-electron chi connectivity index (χ0n) is 9.44. The highest BCUT2D eigenvalue weighted by Gasteiger charge is 2.78. The summed E-state index contributed by atoms with van der Waals surface area (Å²) in [4.78, 5) is 4.24. The number of nitrogens with one attached hydrogen (secondary N) is 1. The summed E-state index contributed by atoms with van der Waals surface area (Å²) < 4.78 is 0. The molecule has 0 aromatic carbocycles. The van der Waals surface area contributed by atoms with Gasteiger partial charge < -0.3 is 10.4 Å². The normalized spacial score (nSPS) is 45.1. The fourth-order valence-corrected chi connectivity index (χ4v) is 4.58. The van der Waals surface area contributed by atoms with E-state index >= 15 is 0 Å². The lowest BCUT2D eigenvalue weighted by atomic mass is 10.0. The molecule has 4 bridgehead atoms. The van der Waals surface area contributed by atoms with E-state index in [4.69, 9.17) is 11.6 Å². The molecule has 17 heavy (non-hydrogen) atoms. The van der Waals surface area contributed by atoms with E-state index in [0.29, 0.717) is 22.3 Å². The molecule has 1 heterocycles. The van der Waals surface area contributed by atoms with Crippen LogP contribution in [0.25, 0.3) is 0 Å². The van der Waals surface area contributed by atoms with Crippen molar-refractivity contribution in [2.24, 2.45) is 23.2 Å². The van der Waals surface area contributed by atoms with Crippen molar-refractivity contribution in [2.45, 2.75) is 18.9 Å². The van der Waals surface area contributed by atoms with Crippen LogP contribution in [0.2, 0.25) is 5.02 Å². The number of rotatable bonds is 3. The summed E-state index contributed by atoms with van der Waals surface area (Å²) in [5.74, 6) is 2.62. The van der Waals surface area contributed by atoms with E-state index in [1.165, 1.54) is 12.8 Å². The Kier molecular flexibility index (Phi) is 1.88. The van der Waals surface area contributed by atoms with Gasteiger partial charge in [0.05, 0.1) is 11.1 Å². The van der Waals surface area contributed by atoms with E-state index in [2.05, 4.69) is 10.3 Å². The van der Waals surface area contributed by atoms with Crippen molar-refractivity contribution >= 4 is 17.4 Å². The molecular weight excluding hydrogens is 236 g/mol. The minimum Gasteiger partial charge on any atom is -0.393 e. The second-order valence-corrected chi connectivity index (χ2v) is 6.15. The minimum atomic E-state index is -0.0407. The number of anilines is 1. The fraction of sp³-hybridized carbons (Fsp3) is 0.615. The molecule has 0 spiro atoms. The lowest BCUT2D eigenvalue weighted by molar-refractivity contribution is 0.134. The van der Waals surface area contributed by atoms with Gasteiger partial charge in [-0.3, -0.25) is 0 Å². The third-order valence-electron chi connectivity index (χ3n) is 5.12. The molecule has 90 valence electrons. The second-order valence-electron chi connectivity index (χ2n) is 5.74. The first-order chi connectivity index (χ1) is 8.22. The summed E-state index contributed by atoms with van der Waals surface area (Å²) in [6.45, 7) is 0.909. The number of aliphatic hydroxyl groups excluding tert-OH is 1. The average molecular weight is 251 g/mol. The monoisotopic (exact) mass is 250 g/mol. The molecule has 0 aliphatic heterocycles.